The summed E-state index contributed by atoms with van der Waals surface area (Å²) in [6, 6.07) is 6.96. The second-order valence-electron chi connectivity index (χ2n) is 6.54. The fourth-order valence-corrected chi connectivity index (χ4v) is 3.45. The van der Waals surface area contributed by atoms with Gasteiger partial charge in [0.2, 0.25) is 11.7 Å². The largest absolute Gasteiger partial charge is 0.338 e. The van der Waals surface area contributed by atoms with Crippen LogP contribution in [0, 0.1) is 5.92 Å². The molecule has 1 saturated heterocycles. The maximum atomic E-state index is 13.0. The van der Waals surface area contributed by atoms with Crippen LogP contribution >= 0.6 is 11.6 Å². The second-order valence-corrected chi connectivity index (χ2v) is 6.98. The highest BCUT2D eigenvalue weighted by molar-refractivity contribution is 6.30. The molecule has 1 aliphatic heterocycles. The third-order valence-electron chi connectivity index (χ3n) is 4.76. The molecular formula is C17H23ClN6O. The molecule has 2 aromatic rings. The van der Waals surface area contributed by atoms with Crippen LogP contribution < -0.4 is 5.73 Å². The Morgan fingerprint density at radius 3 is 2.72 bits per heavy atom. The zero-order valence-electron chi connectivity index (χ0n) is 14.5. The van der Waals surface area contributed by atoms with Crippen LogP contribution in [-0.4, -0.2) is 50.1 Å². The molecule has 1 aliphatic rings. The molecule has 1 aromatic carbocycles. The van der Waals surface area contributed by atoms with Gasteiger partial charge < -0.3 is 10.6 Å². The van der Waals surface area contributed by atoms with Gasteiger partial charge in [0.15, 0.2) is 6.04 Å². The van der Waals surface area contributed by atoms with Crippen LogP contribution in [0.3, 0.4) is 0 Å². The smallest absolute Gasteiger partial charge is 0.249 e. The number of halogens is 1. The summed E-state index contributed by atoms with van der Waals surface area (Å²) in [4.78, 5) is 16.3. The number of amides is 1. The van der Waals surface area contributed by atoms with E-state index in [1.54, 1.807) is 12.1 Å². The molecular weight excluding hydrogens is 340 g/mol. The Kier molecular flexibility index (Phi) is 5.34. The minimum atomic E-state index is -0.451. The Morgan fingerprint density at radius 2 is 2.12 bits per heavy atom. The average molecular weight is 363 g/mol. The molecule has 3 atom stereocenters. The Balaban J connectivity index is 1.79. The van der Waals surface area contributed by atoms with Crippen LogP contribution in [0.15, 0.2) is 24.3 Å². The number of benzene rings is 1. The van der Waals surface area contributed by atoms with Crippen LogP contribution in [-0.2, 0) is 4.79 Å². The molecule has 8 heteroatoms. The molecule has 2 heterocycles. The van der Waals surface area contributed by atoms with E-state index in [1.807, 2.05) is 24.0 Å². The lowest BCUT2D eigenvalue weighted by Gasteiger charge is -2.25. The number of tetrazole rings is 1. The van der Waals surface area contributed by atoms with Crippen molar-refractivity contribution in [1.29, 1.82) is 0 Å². The Morgan fingerprint density at radius 1 is 1.40 bits per heavy atom. The van der Waals surface area contributed by atoms with Gasteiger partial charge in [0, 0.05) is 23.2 Å². The van der Waals surface area contributed by atoms with Crippen molar-refractivity contribution in [1.82, 2.24) is 25.1 Å². The van der Waals surface area contributed by atoms with Crippen molar-refractivity contribution in [2.75, 3.05) is 13.1 Å². The molecule has 0 saturated carbocycles. The number of carbonyl (C=O) groups excluding carboxylic acids is 1. The molecule has 0 bridgehead atoms. The van der Waals surface area contributed by atoms with Crippen molar-refractivity contribution in [3.63, 3.8) is 0 Å². The van der Waals surface area contributed by atoms with Gasteiger partial charge in [0.05, 0.1) is 0 Å². The molecule has 3 unspecified atom stereocenters. The maximum absolute atomic E-state index is 13.0. The number of hydrogen-bond donors (Lipinski definition) is 1. The number of carbonyl (C=O) groups is 1. The van der Waals surface area contributed by atoms with Gasteiger partial charge in [-0.05, 0) is 61.7 Å². The van der Waals surface area contributed by atoms with E-state index < -0.39 is 6.04 Å². The minimum Gasteiger partial charge on any atom is -0.338 e. The molecule has 7 nitrogen and oxygen atoms in total. The van der Waals surface area contributed by atoms with Crippen molar-refractivity contribution < 1.29 is 4.79 Å². The fraction of sp³-hybridized carbons (Fsp3) is 0.529. The first kappa shape index (κ1) is 17.8. The van der Waals surface area contributed by atoms with Crippen LogP contribution in [0.4, 0.5) is 0 Å². The molecule has 3 rings (SSSR count). The second kappa shape index (κ2) is 7.49. The third kappa shape index (κ3) is 3.67. The number of rotatable bonds is 5. The summed E-state index contributed by atoms with van der Waals surface area (Å²) < 4.78 is 0. The lowest BCUT2D eigenvalue weighted by Crippen LogP contribution is -2.40. The van der Waals surface area contributed by atoms with Crippen LogP contribution in [0.2, 0.25) is 5.02 Å². The Bertz CT molecular complexity index is 731. The number of aromatic nitrogens is 4. The first-order valence-electron chi connectivity index (χ1n) is 8.59. The molecule has 0 spiro atoms. The minimum absolute atomic E-state index is 0.0333. The van der Waals surface area contributed by atoms with Crippen molar-refractivity contribution in [2.24, 2.45) is 11.7 Å². The van der Waals surface area contributed by atoms with Crippen LogP contribution in [0.5, 0.6) is 0 Å². The van der Waals surface area contributed by atoms with E-state index >= 15 is 0 Å². The molecule has 25 heavy (non-hydrogen) atoms. The Hall–Kier alpha value is -1.99. The number of nitrogens with two attached hydrogens (primary N) is 1. The zero-order chi connectivity index (χ0) is 18.0. The van der Waals surface area contributed by atoms with Gasteiger partial charge in [-0.15, -0.1) is 10.2 Å². The Labute approximate surface area is 152 Å². The number of nitrogens with zero attached hydrogens (tertiary/aromatic N) is 5. The van der Waals surface area contributed by atoms with E-state index in [2.05, 4.69) is 22.3 Å². The van der Waals surface area contributed by atoms with Crippen LogP contribution in [0.25, 0.3) is 11.4 Å². The average Bonchev–Trinajstić information content (AvgIpc) is 3.23. The molecule has 0 radical (unpaired) electrons. The first-order valence-corrected chi connectivity index (χ1v) is 8.97. The third-order valence-corrected chi connectivity index (χ3v) is 5.01. The van der Waals surface area contributed by atoms with Gasteiger partial charge in [-0.3, -0.25) is 4.79 Å². The molecule has 1 amide bonds. The van der Waals surface area contributed by atoms with E-state index in [9.17, 15) is 4.79 Å². The summed E-state index contributed by atoms with van der Waals surface area (Å²) >= 11 is 5.91. The maximum Gasteiger partial charge on any atom is 0.249 e. The molecule has 1 aromatic heterocycles. The number of likely N-dealkylation sites (tertiary alicyclic amines) is 1. The summed E-state index contributed by atoms with van der Waals surface area (Å²) in [7, 11) is 0. The van der Waals surface area contributed by atoms with Gasteiger partial charge >= 0.3 is 0 Å². The van der Waals surface area contributed by atoms with Gasteiger partial charge in [-0.25, -0.2) is 0 Å². The van der Waals surface area contributed by atoms with E-state index in [0.29, 0.717) is 36.3 Å². The van der Waals surface area contributed by atoms with Gasteiger partial charge in [0.25, 0.3) is 0 Å². The predicted molar refractivity (Wildman–Crippen MR) is 95.9 cm³/mol. The highest BCUT2D eigenvalue weighted by Gasteiger charge is 2.36. The van der Waals surface area contributed by atoms with Gasteiger partial charge in [0.1, 0.15) is 0 Å². The highest BCUT2D eigenvalue weighted by atomic mass is 35.5. The molecule has 134 valence electrons. The quantitative estimate of drug-likeness (QED) is 0.880. The summed E-state index contributed by atoms with van der Waals surface area (Å²) in [5.74, 6) is 0.882. The van der Waals surface area contributed by atoms with E-state index in [1.165, 1.54) is 4.80 Å². The van der Waals surface area contributed by atoms with E-state index in [0.717, 1.165) is 12.0 Å². The molecule has 0 aliphatic carbocycles. The zero-order valence-corrected chi connectivity index (χ0v) is 15.2. The van der Waals surface area contributed by atoms with Crippen molar-refractivity contribution in [3.8, 4) is 11.4 Å². The standard InChI is InChI=1S/C17H23ClN6O/c1-3-15(17(25)23-10-12(9-19)8-11(23)2)24-21-16(20-22-24)13-4-6-14(18)7-5-13/h4-7,11-12,15H,3,8-10,19H2,1-2H3. The highest BCUT2D eigenvalue weighted by Crippen LogP contribution is 2.26. The SMILES string of the molecule is CCC(C(=O)N1CC(CN)CC1C)n1nnc(-c2ccc(Cl)cc2)n1. The lowest BCUT2D eigenvalue weighted by atomic mass is 10.1. The van der Waals surface area contributed by atoms with Crippen molar-refractivity contribution in [3.05, 3.63) is 29.3 Å². The van der Waals surface area contributed by atoms with Crippen molar-refractivity contribution >= 4 is 17.5 Å². The summed E-state index contributed by atoms with van der Waals surface area (Å²) in [6.45, 7) is 5.32. The predicted octanol–water partition coefficient (Wildman–Crippen LogP) is 2.14. The number of hydrogen-bond acceptors (Lipinski definition) is 5. The fourth-order valence-electron chi connectivity index (χ4n) is 3.32. The van der Waals surface area contributed by atoms with Crippen LogP contribution in [0.1, 0.15) is 32.7 Å². The normalized spacial score (nSPS) is 21.5. The van der Waals surface area contributed by atoms with E-state index in [-0.39, 0.29) is 11.9 Å². The van der Waals surface area contributed by atoms with Gasteiger partial charge in [-0.1, -0.05) is 18.5 Å². The van der Waals surface area contributed by atoms with Crippen molar-refractivity contribution in [2.45, 2.75) is 38.8 Å². The topological polar surface area (TPSA) is 89.9 Å². The summed E-state index contributed by atoms with van der Waals surface area (Å²) in [6.07, 6.45) is 1.55. The summed E-state index contributed by atoms with van der Waals surface area (Å²) in [5.41, 5.74) is 6.58. The summed E-state index contributed by atoms with van der Waals surface area (Å²) in [5, 5.41) is 13.3. The molecule has 2 N–H and O–H groups in total. The van der Waals surface area contributed by atoms with E-state index in [4.69, 9.17) is 17.3 Å². The van der Waals surface area contributed by atoms with Gasteiger partial charge in [-0.2, -0.15) is 4.80 Å². The monoisotopic (exact) mass is 362 g/mol. The first-order chi connectivity index (χ1) is 12.0. The lowest BCUT2D eigenvalue weighted by molar-refractivity contribution is -0.136. The molecule has 1 fully saturated rings.